The Balaban J connectivity index is 3.07. The second-order valence-electron chi connectivity index (χ2n) is 7.25. The fourth-order valence-corrected chi connectivity index (χ4v) is 2.68. The quantitative estimate of drug-likeness (QED) is 0.751. The average Bonchev–Trinajstić information content (AvgIpc) is 2.55. The van der Waals surface area contributed by atoms with Crippen molar-refractivity contribution in [3.05, 3.63) is 34.8 Å². The van der Waals surface area contributed by atoms with Gasteiger partial charge in [0.1, 0.15) is 5.76 Å². The molecule has 19 heavy (non-hydrogen) atoms. The van der Waals surface area contributed by atoms with Gasteiger partial charge in [0.2, 0.25) is 8.32 Å². The van der Waals surface area contributed by atoms with Gasteiger partial charge in [0.15, 0.2) is 0 Å². The highest BCUT2D eigenvalue weighted by molar-refractivity contribution is 6.70. The molecule has 0 atom stereocenters. The number of hydrogen-bond acceptors (Lipinski definition) is 2. The van der Waals surface area contributed by atoms with Gasteiger partial charge in [0, 0.05) is 5.54 Å². The van der Waals surface area contributed by atoms with E-state index in [2.05, 4.69) is 71.7 Å². The van der Waals surface area contributed by atoms with Gasteiger partial charge in [-0.3, -0.25) is 0 Å². The van der Waals surface area contributed by atoms with Crippen LogP contribution in [0.4, 0.5) is 0 Å². The van der Waals surface area contributed by atoms with Crippen molar-refractivity contribution in [1.29, 1.82) is 0 Å². The largest absolute Gasteiger partial charge is 0.543 e. The van der Waals surface area contributed by atoms with Crippen LogP contribution in [0.3, 0.4) is 0 Å². The predicted molar refractivity (Wildman–Crippen MR) is 86.5 cm³/mol. The number of hydrogen-bond donors (Lipinski definition) is 1. The zero-order valence-electron chi connectivity index (χ0n) is 13.8. The number of nitrogens with one attached hydrogen (secondary N) is 1. The zero-order valence-corrected chi connectivity index (χ0v) is 14.8. The molecule has 1 aliphatic carbocycles. The van der Waals surface area contributed by atoms with Gasteiger partial charge in [-0.25, -0.2) is 0 Å². The average molecular weight is 280 g/mol. The van der Waals surface area contributed by atoms with Crippen molar-refractivity contribution in [2.24, 2.45) is 0 Å². The van der Waals surface area contributed by atoms with E-state index in [1.54, 1.807) is 0 Å². The van der Waals surface area contributed by atoms with Crippen LogP contribution in [-0.2, 0) is 4.43 Å². The first kappa shape index (κ1) is 16.1. The minimum Gasteiger partial charge on any atom is -0.543 e. The first-order valence-corrected chi connectivity index (χ1v) is 10.5. The van der Waals surface area contributed by atoms with E-state index in [1.807, 2.05) is 0 Å². The smallest absolute Gasteiger partial charge is 0.242 e. The summed E-state index contributed by atoms with van der Waals surface area (Å²) >= 11 is 0. The molecular weight excluding hydrogens is 250 g/mol. The van der Waals surface area contributed by atoms with Crippen LogP contribution in [0.15, 0.2) is 34.8 Å². The lowest BCUT2D eigenvalue weighted by molar-refractivity contribution is 0.399. The Morgan fingerprint density at radius 1 is 1.21 bits per heavy atom. The molecule has 0 heterocycles. The van der Waals surface area contributed by atoms with Crippen LogP contribution >= 0.6 is 0 Å². The van der Waals surface area contributed by atoms with E-state index in [4.69, 9.17) is 4.43 Å². The molecule has 0 radical (unpaired) electrons. The molecule has 3 heteroatoms. The molecule has 1 rings (SSSR count). The summed E-state index contributed by atoms with van der Waals surface area (Å²) in [6.07, 6.45) is 5.48. The molecule has 2 nitrogen and oxygen atoms in total. The lowest BCUT2D eigenvalue weighted by Crippen LogP contribution is -2.37. The Hall–Kier alpha value is -0.963. The molecule has 108 valence electrons. The van der Waals surface area contributed by atoms with Crippen molar-refractivity contribution in [2.45, 2.75) is 66.2 Å². The maximum Gasteiger partial charge on any atom is 0.242 e. The van der Waals surface area contributed by atoms with E-state index < -0.39 is 8.32 Å². The second-order valence-corrected chi connectivity index (χ2v) is 11.7. The summed E-state index contributed by atoms with van der Waals surface area (Å²) in [6, 6.07) is 0. The Kier molecular flexibility index (Phi) is 4.72. The van der Waals surface area contributed by atoms with Crippen LogP contribution in [0.1, 0.15) is 41.0 Å². The van der Waals surface area contributed by atoms with E-state index in [9.17, 15) is 0 Å². The maximum absolute atomic E-state index is 6.22. The minimum absolute atomic E-state index is 0.0449. The molecule has 0 aromatic heterocycles. The first-order valence-electron chi connectivity index (χ1n) is 7.12. The molecule has 0 unspecified atom stereocenters. The van der Waals surface area contributed by atoms with Crippen molar-refractivity contribution in [2.75, 3.05) is 0 Å². The topological polar surface area (TPSA) is 21.3 Å². The molecule has 0 aromatic carbocycles. The van der Waals surface area contributed by atoms with Crippen LogP contribution in [0.5, 0.6) is 0 Å². The summed E-state index contributed by atoms with van der Waals surface area (Å²) < 4.78 is 6.22. The van der Waals surface area contributed by atoms with Gasteiger partial charge in [0.25, 0.3) is 0 Å². The van der Waals surface area contributed by atoms with Gasteiger partial charge < -0.3 is 9.74 Å². The van der Waals surface area contributed by atoms with E-state index in [0.29, 0.717) is 0 Å². The van der Waals surface area contributed by atoms with Crippen molar-refractivity contribution in [3.8, 4) is 0 Å². The third-order valence-electron chi connectivity index (χ3n) is 2.80. The maximum atomic E-state index is 6.22. The molecule has 0 bridgehead atoms. The SMILES string of the molecule is CCC(C)=C1C=C(NC(C)(C)C)C(O[Si](C)(C)C)=C1. The van der Waals surface area contributed by atoms with Gasteiger partial charge in [-0.15, -0.1) is 0 Å². The number of rotatable bonds is 4. The van der Waals surface area contributed by atoms with Crippen molar-refractivity contribution in [3.63, 3.8) is 0 Å². The highest BCUT2D eigenvalue weighted by Gasteiger charge is 2.25. The van der Waals surface area contributed by atoms with Crippen LogP contribution in [0, 0.1) is 0 Å². The summed E-state index contributed by atoms with van der Waals surface area (Å²) in [5.41, 5.74) is 3.87. The zero-order chi connectivity index (χ0) is 14.8. The third-order valence-corrected chi connectivity index (χ3v) is 3.63. The Morgan fingerprint density at radius 2 is 1.79 bits per heavy atom. The molecule has 0 aromatic rings. The van der Waals surface area contributed by atoms with Gasteiger partial charge in [0.05, 0.1) is 5.70 Å². The Bertz CT molecular complexity index is 397. The second kappa shape index (κ2) is 5.57. The molecule has 0 saturated heterocycles. The molecule has 1 aliphatic rings. The lowest BCUT2D eigenvalue weighted by atomic mass is 10.1. The van der Waals surface area contributed by atoms with Gasteiger partial charge >= 0.3 is 0 Å². The highest BCUT2D eigenvalue weighted by Crippen LogP contribution is 2.29. The van der Waals surface area contributed by atoms with Crippen molar-refractivity contribution < 1.29 is 4.43 Å². The summed E-state index contributed by atoms with van der Waals surface area (Å²) in [4.78, 5) is 0. The summed E-state index contributed by atoms with van der Waals surface area (Å²) in [6.45, 7) is 17.6. The van der Waals surface area contributed by atoms with E-state index in [0.717, 1.165) is 17.9 Å². The Labute approximate surface area is 119 Å². The first-order chi connectivity index (χ1) is 8.52. The van der Waals surface area contributed by atoms with Crippen LogP contribution in [-0.4, -0.2) is 13.9 Å². The number of allylic oxidation sites excluding steroid dienone is 4. The Morgan fingerprint density at radius 3 is 2.21 bits per heavy atom. The molecule has 1 N–H and O–H groups in total. The highest BCUT2D eigenvalue weighted by atomic mass is 28.4. The summed E-state index contributed by atoms with van der Waals surface area (Å²) in [5.74, 6) is 1.01. The van der Waals surface area contributed by atoms with E-state index >= 15 is 0 Å². The minimum atomic E-state index is -1.59. The third kappa shape index (κ3) is 5.27. The fraction of sp³-hybridized carbons (Fsp3) is 0.625. The van der Waals surface area contributed by atoms with Gasteiger partial charge in [-0.1, -0.05) is 12.5 Å². The summed E-state index contributed by atoms with van der Waals surface area (Å²) in [7, 11) is -1.59. The molecule has 0 saturated carbocycles. The predicted octanol–water partition coefficient (Wildman–Crippen LogP) is 4.73. The monoisotopic (exact) mass is 279 g/mol. The van der Waals surface area contributed by atoms with Crippen molar-refractivity contribution in [1.82, 2.24) is 5.32 Å². The molecule has 0 fully saturated rings. The van der Waals surface area contributed by atoms with Crippen LogP contribution in [0.2, 0.25) is 19.6 Å². The summed E-state index contributed by atoms with van der Waals surface area (Å²) in [5, 5.41) is 3.56. The molecule has 0 spiro atoms. The van der Waals surface area contributed by atoms with Crippen LogP contribution < -0.4 is 5.32 Å². The molecule has 0 aliphatic heterocycles. The fourth-order valence-electron chi connectivity index (χ4n) is 1.85. The van der Waals surface area contributed by atoms with E-state index in [1.165, 1.54) is 11.1 Å². The molecule has 0 amide bonds. The van der Waals surface area contributed by atoms with Crippen molar-refractivity contribution >= 4 is 8.32 Å². The van der Waals surface area contributed by atoms with E-state index in [-0.39, 0.29) is 5.54 Å². The van der Waals surface area contributed by atoms with Gasteiger partial charge in [-0.2, -0.15) is 0 Å². The lowest BCUT2D eigenvalue weighted by Gasteiger charge is -2.27. The standard InChI is InChI=1S/C16H29NOSi/c1-9-12(2)13-10-14(17-16(3,4)5)15(11-13)18-19(6,7)8/h10-11,17H,9H2,1-8H3. The van der Waals surface area contributed by atoms with Gasteiger partial charge in [-0.05, 0) is 71.5 Å². The molecular formula is C16H29NOSi. The van der Waals surface area contributed by atoms with Crippen LogP contribution in [0.25, 0.3) is 0 Å². The normalized spacial score (nSPS) is 18.9.